The van der Waals surface area contributed by atoms with E-state index in [0.29, 0.717) is 6.61 Å². The van der Waals surface area contributed by atoms with Gasteiger partial charge < -0.3 is 13.3 Å². The lowest BCUT2D eigenvalue weighted by Crippen LogP contribution is -2.51. The molecule has 0 fully saturated rings. The van der Waals surface area contributed by atoms with E-state index in [2.05, 4.69) is 0 Å². The largest absolute Gasteiger partial charge is 0.498 e. The monoisotopic (exact) mass is 234 g/mol. The van der Waals surface area contributed by atoms with Crippen LogP contribution in [0, 0.1) is 0 Å². The van der Waals surface area contributed by atoms with Crippen molar-refractivity contribution in [2.75, 3.05) is 6.61 Å². The smallest absolute Gasteiger partial charge is 0.374 e. The fraction of sp³-hybridized carbons (Fsp3) is 1.00. The van der Waals surface area contributed by atoms with Crippen molar-refractivity contribution >= 4 is 8.80 Å². The van der Waals surface area contributed by atoms with Gasteiger partial charge in [-0.3, -0.25) is 0 Å². The van der Waals surface area contributed by atoms with Gasteiger partial charge in [0.2, 0.25) is 0 Å². The molecule has 0 aromatic carbocycles. The van der Waals surface area contributed by atoms with E-state index in [0.717, 1.165) is 0 Å². The van der Waals surface area contributed by atoms with Crippen LogP contribution in [0.15, 0.2) is 0 Å². The number of hydrogen-bond acceptors (Lipinski definition) is 3. The van der Waals surface area contributed by atoms with E-state index < -0.39 is 8.80 Å². The Morgan fingerprint density at radius 1 is 0.867 bits per heavy atom. The molecule has 0 heterocycles. The van der Waals surface area contributed by atoms with Crippen LogP contribution in [-0.4, -0.2) is 26.6 Å². The van der Waals surface area contributed by atoms with Crippen LogP contribution in [0.4, 0.5) is 0 Å². The first kappa shape index (κ1) is 15.1. The standard InChI is InChI=1S/C11H26O3Si/c1-9-12-15(8,13-10(2,3)4)14-11(5,6)7/h9H2,1-8H3. The van der Waals surface area contributed by atoms with E-state index in [1.54, 1.807) is 0 Å². The number of rotatable bonds is 4. The molecule has 0 aliphatic heterocycles. The number of hydrogen-bond donors (Lipinski definition) is 0. The summed E-state index contributed by atoms with van der Waals surface area (Å²) in [7, 11) is -2.52. The maximum atomic E-state index is 5.94. The van der Waals surface area contributed by atoms with Gasteiger partial charge in [-0.15, -0.1) is 0 Å². The second kappa shape index (κ2) is 4.95. The summed E-state index contributed by atoms with van der Waals surface area (Å²) in [6.45, 7) is 16.6. The minimum absolute atomic E-state index is 0.235. The summed E-state index contributed by atoms with van der Waals surface area (Å²) in [5, 5.41) is 0. The van der Waals surface area contributed by atoms with Crippen LogP contribution >= 0.6 is 0 Å². The molecule has 0 aromatic heterocycles. The molecule has 3 nitrogen and oxygen atoms in total. The first-order chi connectivity index (χ1) is 6.47. The van der Waals surface area contributed by atoms with Crippen molar-refractivity contribution < 1.29 is 13.3 Å². The zero-order valence-corrected chi connectivity index (χ0v) is 12.4. The minimum atomic E-state index is -2.52. The zero-order valence-electron chi connectivity index (χ0n) is 11.4. The Morgan fingerprint density at radius 3 is 1.40 bits per heavy atom. The third-order valence-electron chi connectivity index (χ3n) is 1.39. The highest BCUT2D eigenvalue weighted by Gasteiger charge is 2.42. The molecule has 0 radical (unpaired) electrons. The van der Waals surface area contributed by atoms with Crippen LogP contribution in [0.2, 0.25) is 6.55 Å². The molecule has 0 spiro atoms. The van der Waals surface area contributed by atoms with Crippen LogP contribution in [0.3, 0.4) is 0 Å². The van der Waals surface area contributed by atoms with Crippen molar-refractivity contribution in [1.82, 2.24) is 0 Å². The van der Waals surface area contributed by atoms with Crippen molar-refractivity contribution in [1.29, 1.82) is 0 Å². The molecule has 0 aliphatic carbocycles. The molecule has 0 aromatic rings. The Hall–Kier alpha value is 0.0969. The lowest BCUT2D eigenvalue weighted by molar-refractivity contribution is -0.0383. The Kier molecular flexibility index (Phi) is 4.98. The van der Waals surface area contributed by atoms with Crippen molar-refractivity contribution in [3.63, 3.8) is 0 Å². The maximum absolute atomic E-state index is 5.94. The van der Waals surface area contributed by atoms with E-state index in [1.165, 1.54) is 0 Å². The summed E-state index contributed by atoms with van der Waals surface area (Å²) in [5.74, 6) is 0. The average molecular weight is 234 g/mol. The van der Waals surface area contributed by atoms with E-state index in [-0.39, 0.29) is 11.2 Å². The average Bonchev–Trinajstić information content (AvgIpc) is 1.74. The molecule has 0 amide bonds. The first-order valence-corrected chi connectivity index (χ1v) is 7.74. The van der Waals surface area contributed by atoms with Gasteiger partial charge in [0.25, 0.3) is 0 Å². The van der Waals surface area contributed by atoms with Crippen molar-refractivity contribution in [2.45, 2.75) is 66.2 Å². The van der Waals surface area contributed by atoms with Crippen LogP contribution in [0.5, 0.6) is 0 Å². The third-order valence-corrected chi connectivity index (χ3v) is 4.17. The van der Waals surface area contributed by atoms with Gasteiger partial charge in [0.1, 0.15) is 0 Å². The second-order valence-corrected chi connectivity index (χ2v) is 8.15. The summed E-state index contributed by atoms with van der Waals surface area (Å²) >= 11 is 0. The molecule has 0 saturated heterocycles. The Balaban J connectivity index is 4.59. The molecule has 0 bridgehead atoms. The van der Waals surface area contributed by atoms with E-state index in [9.17, 15) is 0 Å². The third kappa shape index (κ3) is 7.96. The predicted molar refractivity (Wildman–Crippen MR) is 64.9 cm³/mol. The predicted octanol–water partition coefficient (Wildman–Crippen LogP) is 3.22. The van der Waals surface area contributed by atoms with Gasteiger partial charge in [-0.25, -0.2) is 0 Å². The van der Waals surface area contributed by atoms with Crippen LogP contribution in [0.25, 0.3) is 0 Å². The van der Waals surface area contributed by atoms with Gasteiger partial charge in [-0.2, -0.15) is 0 Å². The first-order valence-electron chi connectivity index (χ1n) is 5.52. The molecule has 0 N–H and O–H groups in total. The SMILES string of the molecule is CCO[Si](C)(OC(C)(C)C)OC(C)(C)C. The topological polar surface area (TPSA) is 27.7 Å². The summed E-state index contributed by atoms with van der Waals surface area (Å²) in [6, 6.07) is 0. The molecular weight excluding hydrogens is 208 g/mol. The van der Waals surface area contributed by atoms with Crippen molar-refractivity contribution in [3.05, 3.63) is 0 Å². The highest BCUT2D eigenvalue weighted by molar-refractivity contribution is 6.59. The van der Waals surface area contributed by atoms with Gasteiger partial charge in [-0.1, -0.05) is 0 Å². The summed E-state index contributed by atoms with van der Waals surface area (Å²) in [6.07, 6.45) is 0. The highest BCUT2D eigenvalue weighted by Crippen LogP contribution is 2.24. The minimum Gasteiger partial charge on any atom is -0.374 e. The van der Waals surface area contributed by atoms with Crippen LogP contribution < -0.4 is 0 Å². The quantitative estimate of drug-likeness (QED) is 0.699. The Bertz CT molecular complexity index is 175. The molecule has 15 heavy (non-hydrogen) atoms. The summed E-state index contributed by atoms with van der Waals surface area (Å²) in [4.78, 5) is 0. The molecule has 92 valence electrons. The van der Waals surface area contributed by atoms with Gasteiger partial charge >= 0.3 is 8.80 Å². The van der Waals surface area contributed by atoms with Gasteiger partial charge in [0.15, 0.2) is 0 Å². The van der Waals surface area contributed by atoms with Crippen LogP contribution in [0.1, 0.15) is 48.5 Å². The molecule has 0 aliphatic rings. The molecule has 0 rings (SSSR count). The van der Waals surface area contributed by atoms with E-state index >= 15 is 0 Å². The fourth-order valence-corrected chi connectivity index (χ4v) is 4.36. The zero-order chi connectivity index (χ0) is 12.3. The fourth-order valence-electron chi connectivity index (χ4n) is 1.45. The lowest BCUT2D eigenvalue weighted by atomic mass is 10.2. The normalized spacial score (nSPS) is 14.4. The Morgan fingerprint density at radius 2 is 1.20 bits per heavy atom. The molecule has 0 unspecified atom stereocenters. The second-order valence-electron chi connectivity index (χ2n) is 5.72. The van der Waals surface area contributed by atoms with Gasteiger partial charge in [-0.05, 0) is 48.5 Å². The molecule has 0 saturated carbocycles. The summed E-state index contributed by atoms with van der Waals surface area (Å²) < 4.78 is 17.5. The van der Waals surface area contributed by atoms with Crippen molar-refractivity contribution in [2.24, 2.45) is 0 Å². The lowest BCUT2D eigenvalue weighted by Gasteiger charge is -2.37. The van der Waals surface area contributed by atoms with E-state index in [1.807, 2.05) is 55.0 Å². The van der Waals surface area contributed by atoms with Gasteiger partial charge in [0.05, 0.1) is 11.2 Å². The maximum Gasteiger partial charge on any atom is 0.498 e. The molecule has 0 atom stereocenters. The van der Waals surface area contributed by atoms with Crippen LogP contribution in [-0.2, 0) is 13.3 Å². The summed E-state index contributed by atoms with van der Waals surface area (Å²) in [5.41, 5.74) is -0.469. The van der Waals surface area contributed by atoms with Gasteiger partial charge in [0, 0.05) is 13.2 Å². The van der Waals surface area contributed by atoms with E-state index in [4.69, 9.17) is 13.3 Å². The Labute approximate surface area is 95.5 Å². The highest BCUT2D eigenvalue weighted by atomic mass is 28.4. The molecular formula is C11H26O3Si. The van der Waals surface area contributed by atoms with Crippen molar-refractivity contribution in [3.8, 4) is 0 Å². The molecule has 4 heteroatoms.